The van der Waals surface area contributed by atoms with Crippen molar-refractivity contribution in [3.8, 4) is 11.3 Å². The molecule has 35 heavy (non-hydrogen) atoms. The Balaban J connectivity index is 1.52. The van der Waals surface area contributed by atoms with E-state index >= 15 is 4.39 Å². The number of hydrogen-bond acceptors (Lipinski definition) is 6. The first kappa shape index (κ1) is 22.2. The number of nitrogens with zero attached hydrogens (tertiary/aromatic N) is 6. The highest BCUT2D eigenvalue weighted by Crippen LogP contribution is 2.33. The molecule has 0 saturated carbocycles. The Morgan fingerprint density at radius 3 is 2.86 bits per heavy atom. The molecule has 0 radical (unpaired) electrons. The first-order valence-electron chi connectivity index (χ1n) is 11.7. The maximum atomic E-state index is 15.1. The van der Waals surface area contributed by atoms with E-state index in [1.807, 2.05) is 13.2 Å². The first-order valence-corrected chi connectivity index (χ1v) is 12.1. The number of ether oxygens (including phenoxy) is 1. The fraction of sp³-hybridized carbons (Fsp3) is 0.360. The summed E-state index contributed by atoms with van der Waals surface area (Å²) in [5, 5.41) is 4.99. The van der Waals surface area contributed by atoms with E-state index in [-0.39, 0.29) is 17.2 Å². The Morgan fingerprint density at radius 1 is 1.17 bits per heavy atom. The van der Waals surface area contributed by atoms with Crippen molar-refractivity contribution in [2.45, 2.75) is 31.9 Å². The minimum atomic E-state index is -0.502. The van der Waals surface area contributed by atoms with Crippen LogP contribution < -0.4 is 10.5 Å². The van der Waals surface area contributed by atoms with Crippen LogP contribution in [0.3, 0.4) is 0 Å². The van der Waals surface area contributed by atoms with Crippen molar-refractivity contribution >= 4 is 28.3 Å². The molecule has 2 aliphatic rings. The maximum absolute atomic E-state index is 15.1. The number of rotatable bonds is 3. The zero-order valence-electron chi connectivity index (χ0n) is 19.2. The molecular formula is C25H24ClFN6O2. The third kappa shape index (κ3) is 3.98. The van der Waals surface area contributed by atoms with Gasteiger partial charge in [-0.15, -0.1) is 0 Å². The van der Waals surface area contributed by atoms with E-state index in [1.165, 1.54) is 6.07 Å². The van der Waals surface area contributed by atoms with Crippen molar-refractivity contribution in [1.29, 1.82) is 0 Å². The van der Waals surface area contributed by atoms with Crippen LogP contribution in [0.15, 0.2) is 41.5 Å². The maximum Gasteiger partial charge on any atom is 0.261 e. The Morgan fingerprint density at radius 2 is 2.06 bits per heavy atom. The number of fused-ring (bicyclic) bond motifs is 2. The Labute approximate surface area is 205 Å². The largest absolute Gasteiger partial charge is 0.370 e. The number of anilines is 1. The number of morpholine rings is 1. The molecule has 0 N–H and O–H groups in total. The lowest BCUT2D eigenvalue weighted by Crippen LogP contribution is -2.39. The van der Waals surface area contributed by atoms with E-state index in [2.05, 4.69) is 10.00 Å². The zero-order valence-corrected chi connectivity index (χ0v) is 20.0. The number of aromatic nitrogens is 5. The van der Waals surface area contributed by atoms with E-state index in [1.54, 1.807) is 33.6 Å². The summed E-state index contributed by atoms with van der Waals surface area (Å²) >= 11 is 6.01. The summed E-state index contributed by atoms with van der Waals surface area (Å²) in [7, 11) is 1.86. The summed E-state index contributed by atoms with van der Waals surface area (Å²) in [5.41, 5.74) is 1.90. The molecule has 1 saturated heterocycles. The summed E-state index contributed by atoms with van der Waals surface area (Å²) < 4.78 is 24.6. The zero-order chi connectivity index (χ0) is 24.1. The number of halogens is 2. The van der Waals surface area contributed by atoms with Gasteiger partial charge in [0, 0.05) is 55.4 Å². The molecular weight excluding hydrogens is 471 g/mol. The van der Waals surface area contributed by atoms with Crippen LogP contribution in [0.1, 0.15) is 30.3 Å². The Kier molecular flexibility index (Phi) is 5.53. The normalized spacial score (nSPS) is 18.1. The van der Waals surface area contributed by atoms with Gasteiger partial charge in [-0.1, -0.05) is 11.6 Å². The first-order chi connectivity index (χ1) is 17.0. The average Bonchev–Trinajstić information content (AvgIpc) is 3.30. The molecule has 0 aliphatic carbocycles. The summed E-state index contributed by atoms with van der Waals surface area (Å²) in [6, 6.07) is 6.27. The molecule has 3 aromatic heterocycles. The number of benzene rings is 1. The quantitative estimate of drug-likeness (QED) is 0.430. The van der Waals surface area contributed by atoms with Gasteiger partial charge in [-0.05, 0) is 37.1 Å². The predicted molar refractivity (Wildman–Crippen MR) is 131 cm³/mol. The second-order valence-electron chi connectivity index (χ2n) is 9.04. The van der Waals surface area contributed by atoms with Crippen molar-refractivity contribution < 1.29 is 9.13 Å². The topological polar surface area (TPSA) is 78.1 Å². The van der Waals surface area contributed by atoms with Crippen LogP contribution in [-0.4, -0.2) is 44.0 Å². The van der Waals surface area contributed by atoms with E-state index in [0.717, 1.165) is 24.2 Å². The van der Waals surface area contributed by atoms with Gasteiger partial charge < -0.3 is 9.64 Å². The van der Waals surface area contributed by atoms with Gasteiger partial charge in [-0.25, -0.2) is 14.4 Å². The van der Waals surface area contributed by atoms with Crippen LogP contribution in [0.2, 0.25) is 5.02 Å². The standard InChI is InChI=1S/C25H24ClFN6O2/c1-31-13-15(12-28-31)20-14-32(8-9-35-20)22-11-18-24(29-21-4-2-3-7-33(21)25(18)34)23(30-22)17-6-5-16(26)10-19(17)27/h5-6,10-13,20H,2-4,7-9,14H2,1H3/t20-/m1/s1. The lowest BCUT2D eigenvalue weighted by atomic mass is 10.1. The Hall–Kier alpha value is -3.30. The van der Waals surface area contributed by atoms with E-state index in [9.17, 15) is 4.79 Å². The smallest absolute Gasteiger partial charge is 0.261 e. The molecule has 0 spiro atoms. The van der Waals surface area contributed by atoms with Gasteiger partial charge in [-0.2, -0.15) is 5.10 Å². The highest BCUT2D eigenvalue weighted by molar-refractivity contribution is 6.30. The Bertz CT molecular complexity index is 1500. The molecule has 1 aromatic carbocycles. The fourth-order valence-corrected chi connectivity index (χ4v) is 5.08. The monoisotopic (exact) mass is 494 g/mol. The van der Waals surface area contributed by atoms with Gasteiger partial charge in [0.1, 0.15) is 34.8 Å². The van der Waals surface area contributed by atoms with E-state index in [0.29, 0.717) is 60.1 Å². The summed E-state index contributed by atoms with van der Waals surface area (Å²) in [6.45, 7) is 2.26. The lowest BCUT2D eigenvalue weighted by Gasteiger charge is -2.33. The summed E-state index contributed by atoms with van der Waals surface area (Å²) in [6.07, 6.45) is 6.16. The highest BCUT2D eigenvalue weighted by atomic mass is 35.5. The van der Waals surface area contributed by atoms with Crippen molar-refractivity contribution in [3.05, 3.63) is 69.2 Å². The third-order valence-corrected chi connectivity index (χ3v) is 6.95. The molecule has 8 nitrogen and oxygen atoms in total. The molecule has 10 heteroatoms. The number of aryl methyl sites for hydroxylation is 2. The van der Waals surface area contributed by atoms with Crippen molar-refractivity contribution in [2.75, 3.05) is 24.6 Å². The lowest BCUT2D eigenvalue weighted by molar-refractivity contribution is 0.0395. The average molecular weight is 495 g/mol. The molecule has 180 valence electrons. The highest BCUT2D eigenvalue weighted by Gasteiger charge is 2.27. The molecule has 1 fully saturated rings. The molecule has 0 amide bonds. The van der Waals surface area contributed by atoms with Crippen LogP contribution >= 0.6 is 11.6 Å². The van der Waals surface area contributed by atoms with Crippen molar-refractivity contribution in [3.63, 3.8) is 0 Å². The van der Waals surface area contributed by atoms with Gasteiger partial charge in [0.05, 0.1) is 18.2 Å². The summed E-state index contributed by atoms with van der Waals surface area (Å²) in [5.74, 6) is 0.814. The second-order valence-corrected chi connectivity index (χ2v) is 9.48. The van der Waals surface area contributed by atoms with Gasteiger partial charge in [0.15, 0.2) is 0 Å². The van der Waals surface area contributed by atoms with E-state index < -0.39 is 5.82 Å². The molecule has 0 bridgehead atoms. The molecule has 6 rings (SSSR count). The van der Waals surface area contributed by atoms with Crippen LogP contribution in [-0.2, 0) is 24.8 Å². The molecule has 4 aromatic rings. The van der Waals surface area contributed by atoms with Gasteiger partial charge in [-0.3, -0.25) is 14.0 Å². The SMILES string of the molecule is Cn1cc([C@H]2CN(c3cc4c(=O)n5c(nc4c(-c4ccc(Cl)cc4F)n3)CCCC5)CCO2)cn1. The predicted octanol–water partition coefficient (Wildman–Crippen LogP) is 3.90. The molecule has 2 aliphatic heterocycles. The van der Waals surface area contributed by atoms with Crippen LogP contribution in [0.5, 0.6) is 0 Å². The van der Waals surface area contributed by atoms with Crippen LogP contribution in [0.4, 0.5) is 10.2 Å². The van der Waals surface area contributed by atoms with Crippen LogP contribution in [0, 0.1) is 5.82 Å². The van der Waals surface area contributed by atoms with Gasteiger partial charge >= 0.3 is 0 Å². The minimum absolute atomic E-state index is 0.110. The van der Waals surface area contributed by atoms with E-state index in [4.69, 9.17) is 26.3 Å². The molecule has 0 unspecified atom stereocenters. The van der Waals surface area contributed by atoms with Crippen molar-refractivity contribution in [2.24, 2.45) is 7.05 Å². The van der Waals surface area contributed by atoms with Crippen molar-refractivity contribution in [1.82, 2.24) is 24.3 Å². The second kappa shape index (κ2) is 8.73. The minimum Gasteiger partial charge on any atom is -0.370 e. The number of pyridine rings is 1. The molecule has 1 atom stereocenters. The molecule has 5 heterocycles. The van der Waals surface area contributed by atoms with Gasteiger partial charge in [0.2, 0.25) is 0 Å². The van der Waals surface area contributed by atoms with Crippen LogP contribution in [0.25, 0.3) is 22.2 Å². The summed E-state index contributed by atoms with van der Waals surface area (Å²) in [4.78, 5) is 25.3. The third-order valence-electron chi connectivity index (χ3n) is 6.71. The fourth-order valence-electron chi connectivity index (χ4n) is 4.92. The number of hydrogen-bond donors (Lipinski definition) is 0. The van der Waals surface area contributed by atoms with Gasteiger partial charge in [0.25, 0.3) is 5.56 Å².